The molecule has 0 radical (unpaired) electrons. The molecule has 1 aliphatic rings. The number of imidazole rings is 1. The van der Waals surface area contributed by atoms with E-state index in [1.165, 1.54) is 10.9 Å². The second kappa shape index (κ2) is 7.21. The predicted octanol–water partition coefficient (Wildman–Crippen LogP) is 1.83. The summed E-state index contributed by atoms with van der Waals surface area (Å²) in [5.74, 6) is 0.363. The molecule has 1 fully saturated rings. The number of alkyl halides is 2. The largest absolute Gasteiger partial charge is 0.340 e. The smallest absolute Gasteiger partial charge is 0.280 e. The van der Waals surface area contributed by atoms with Gasteiger partial charge in [-0.1, -0.05) is 0 Å². The molecule has 0 saturated carbocycles. The maximum atomic E-state index is 12.5. The van der Waals surface area contributed by atoms with Gasteiger partial charge in [0.2, 0.25) is 0 Å². The van der Waals surface area contributed by atoms with E-state index in [0.717, 1.165) is 44.2 Å². The summed E-state index contributed by atoms with van der Waals surface area (Å²) in [6.07, 6.45) is 4.28. The number of halogens is 2. The van der Waals surface area contributed by atoms with Gasteiger partial charge in [0.25, 0.3) is 12.0 Å². The van der Waals surface area contributed by atoms with E-state index >= 15 is 0 Å². The van der Waals surface area contributed by atoms with E-state index in [4.69, 9.17) is 0 Å². The van der Waals surface area contributed by atoms with Crippen molar-refractivity contribution in [3.63, 3.8) is 0 Å². The molecular formula is C16H21F2N5O. The van der Waals surface area contributed by atoms with E-state index in [0.29, 0.717) is 12.5 Å². The van der Waals surface area contributed by atoms with Gasteiger partial charge in [0, 0.05) is 32.4 Å². The van der Waals surface area contributed by atoms with E-state index in [2.05, 4.69) is 14.9 Å². The SMILES string of the molecule is Cn1cnc(CN2CCC(Cn3cnc(C(F)F)cc3=O)CC2)c1. The Morgan fingerprint density at radius 2 is 2.00 bits per heavy atom. The lowest BCUT2D eigenvalue weighted by Crippen LogP contribution is -2.36. The van der Waals surface area contributed by atoms with Crippen molar-refractivity contribution in [3.8, 4) is 0 Å². The molecule has 130 valence electrons. The highest BCUT2D eigenvalue weighted by atomic mass is 19.3. The number of nitrogens with zero attached hydrogens (tertiary/aromatic N) is 5. The topological polar surface area (TPSA) is 56.0 Å². The molecule has 0 spiro atoms. The molecule has 0 aromatic carbocycles. The third-order valence-corrected chi connectivity index (χ3v) is 4.43. The zero-order valence-corrected chi connectivity index (χ0v) is 13.6. The number of hydrogen-bond donors (Lipinski definition) is 0. The van der Waals surface area contributed by atoms with Gasteiger partial charge < -0.3 is 4.57 Å². The quantitative estimate of drug-likeness (QED) is 0.835. The standard InChI is InChI=1S/C16H21F2N5O/c1-21-8-13(19-10-21)9-22-4-2-12(3-5-22)7-23-11-20-14(16(17)18)6-15(23)24/h6,8,10-12,16H,2-5,7,9H2,1H3. The fourth-order valence-electron chi connectivity index (χ4n) is 3.08. The fourth-order valence-corrected chi connectivity index (χ4v) is 3.08. The van der Waals surface area contributed by atoms with Crippen LogP contribution in [0.5, 0.6) is 0 Å². The molecule has 3 heterocycles. The van der Waals surface area contributed by atoms with Gasteiger partial charge in [-0.15, -0.1) is 0 Å². The molecule has 8 heteroatoms. The van der Waals surface area contributed by atoms with Crippen LogP contribution in [0.15, 0.2) is 29.7 Å². The molecule has 0 atom stereocenters. The first-order valence-corrected chi connectivity index (χ1v) is 8.05. The summed E-state index contributed by atoms with van der Waals surface area (Å²) in [5, 5.41) is 0. The van der Waals surface area contributed by atoms with Gasteiger partial charge in [0.15, 0.2) is 0 Å². The summed E-state index contributed by atoms with van der Waals surface area (Å²) in [5.41, 5.74) is 0.191. The van der Waals surface area contributed by atoms with E-state index in [1.807, 2.05) is 17.8 Å². The zero-order chi connectivity index (χ0) is 17.1. The Kier molecular flexibility index (Phi) is 5.03. The Labute approximate surface area is 138 Å². The van der Waals surface area contributed by atoms with Crippen molar-refractivity contribution in [2.45, 2.75) is 32.4 Å². The first-order valence-electron chi connectivity index (χ1n) is 8.05. The second-order valence-electron chi connectivity index (χ2n) is 6.36. The number of aryl methyl sites for hydroxylation is 1. The van der Waals surface area contributed by atoms with Crippen molar-refractivity contribution < 1.29 is 8.78 Å². The lowest BCUT2D eigenvalue weighted by atomic mass is 9.96. The van der Waals surface area contributed by atoms with Gasteiger partial charge in [0.05, 0.1) is 18.3 Å². The fraction of sp³-hybridized carbons (Fsp3) is 0.562. The second-order valence-corrected chi connectivity index (χ2v) is 6.36. The maximum Gasteiger partial charge on any atom is 0.280 e. The van der Waals surface area contributed by atoms with Crippen molar-refractivity contribution in [1.29, 1.82) is 0 Å². The van der Waals surface area contributed by atoms with Crippen molar-refractivity contribution in [2.24, 2.45) is 13.0 Å². The van der Waals surface area contributed by atoms with Crippen molar-refractivity contribution >= 4 is 0 Å². The number of likely N-dealkylation sites (tertiary alicyclic amines) is 1. The van der Waals surface area contributed by atoms with E-state index in [1.54, 1.807) is 6.33 Å². The highest BCUT2D eigenvalue weighted by Gasteiger charge is 2.21. The average Bonchev–Trinajstić information content (AvgIpc) is 2.96. The first-order chi connectivity index (χ1) is 11.5. The molecule has 0 unspecified atom stereocenters. The molecule has 1 saturated heterocycles. The monoisotopic (exact) mass is 337 g/mol. The molecule has 3 rings (SSSR count). The zero-order valence-electron chi connectivity index (χ0n) is 13.6. The third-order valence-electron chi connectivity index (χ3n) is 4.43. The van der Waals surface area contributed by atoms with E-state index in [-0.39, 0.29) is 0 Å². The van der Waals surface area contributed by atoms with Crippen molar-refractivity contribution in [3.05, 3.63) is 46.7 Å². The van der Waals surface area contributed by atoms with Gasteiger partial charge in [0.1, 0.15) is 5.69 Å². The summed E-state index contributed by atoms with van der Waals surface area (Å²) >= 11 is 0. The molecule has 0 N–H and O–H groups in total. The summed E-state index contributed by atoms with van der Waals surface area (Å²) < 4.78 is 28.4. The van der Waals surface area contributed by atoms with E-state index in [9.17, 15) is 13.6 Å². The van der Waals surface area contributed by atoms with Crippen LogP contribution in [0.4, 0.5) is 8.78 Å². The van der Waals surface area contributed by atoms with Gasteiger partial charge >= 0.3 is 0 Å². The molecule has 0 aliphatic carbocycles. The normalized spacial score (nSPS) is 16.8. The number of piperidine rings is 1. The van der Waals surface area contributed by atoms with Crippen LogP contribution in [0, 0.1) is 5.92 Å². The van der Waals surface area contributed by atoms with Crippen LogP contribution in [0.1, 0.15) is 30.7 Å². The maximum absolute atomic E-state index is 12.5. The van der Waals surface area contributed by atoms with Gasteiger partial charge in [-0.3, -0.25) is 14.3 Å². The Bertz CT molecular complexity index is 734. The van der Waals surface area contributed by atoms with Crippen LogP contribution in [-0.4, -0.2) is 37.1 Å². The Morgan fingerprint density at radius 3 is 2.58 bits per heavy atom. The summed E-state index contributed by atoms with van der Waals surface area (Å²) in [7, 11) is 1.95. The number of rotatable bonds is 5. The minimum Gasteiger partial charge on any atom is -0.340 e. The van der Waals surface area contributed by atoms with Crippen LogP contribution in [0.3, 0.4) is 0 Å². The highest BCUT2D eigenvalue weighted by Crippen LogP contribution is 2.20. The van der Waals surface area contributed by atoms with Crippen LogP contribution in [-0.2, 0) is 20.1 Å². The Hall–Kier alpha value is -2.09. The molecule has 6 nitrogen and oxygen atoms in total. The summed E-state index contributed by atoms with van der Waals surface area (Å²) in [6.45, 7) is 3.25. The van der Waals surface area contributed by atoms with Crippen molar-refractivity contribution in [1.82, 2.24) is 24.0 Å². The van der Waals surface area contributed by atoms with Gasteiger partial charge in [-0.2, -0.15) is 0 Å². The molecule has 24 heavy (non-hydrogen) atoms. The van der Waals surface area contributed by atoms with Crippen LogP contribution >= 0.6 is 0 Å². The molecule has 1 aliphatic heterocycles. The Balaban J connectivity index is 1.53. The first kappa shape index (κ1) is 16.8. The molecule has 2 aromatic rings. The number of hydrogen-bond acceptors (Lipinski definition) is 4. The highest BCUT2D eigenvalue weighted by molar-refractivity contribution is 5.01. The minimum absolute atomic E-state index is 0.363. The van der Waals surface area contributed by atoms with Crippen molar-refractivity contribution in [2.75, 3.05) is 13.1 Å². The minimum atomic E-state index is -2.71. The van der Waals surface area contributed by atoms with E-state index < -0.39 is 17.7 Å². The molecule has 0 bridgehead atoms. The molecular weight excluding hydrogens is 316 g/mol. The third kappa shape index (κ3) is 4.05. The van der Waals surface area contributed by atoms with Gasteiger partial charge in [-0.05, 0) is 31.8 Å². The lowest BCUT2D eigenvalue weighted by molar-refractivity contribution is 0.144. The summed E-state index contributed by atoms with van der Waals surface area (Å²) in [6, 6.07) is 0.931. The molecule has 0 amide bonds. The van der Waals surface area contributed by atoms with Crippen LogP contribution < -0.4 is 5.56 Å². The predicted molar refractivity (Wildman–Crippen MR) is 84.7 cm³/mol. The summed E-state index contributed by atoms with van der Waals surface area (Å²) in [4.78, 5) is 22.2. The molecule has 2 aromatic heterocycles. The number of aromatic nitrogens is 4. The average molecular weight is 337 g/mol. The Morgan fingerprint density at radius 1 is 1.25 bits per heavy atom. The van der Waals surface area contributed by atoms with Crippen LogP contribution in [0.2, 0.25) is 0 Å². The van der Waals surface area contributed by atoms with Gasteiger partial charge in [-0.25, -0.2) is 18.7 Å². The lowest BCUT2D eigenvalue weighted by Gasteiger charge is -2.31. The van der Waals surface area contributed by atoms with Crippen LogP contribution in [0.25, 0.3) is 0 Å².